The Morgan fingerprint density at radius 1 is 1.19 bits per heavy atom. The Morgan fingerprint density at radius 2 is 2.12 bits per heavy atom. The number of aromatic amines is 2. The van der Waals surface area contributed by atoms with Crippen molar-refractivity contribution >= 4 is 11.0 Å². The average molecular weight is 212 g/mol. The van der Waals surface area contributed by atoms with Crippen molar-refractivity contribution in [2.45, 2.75) is 0 Å². The lowest BCUT2D eigenvalue weighted by Gasteiger charge is -1.98. The topological polar surface area (TPSA) is 74.4 Å². The van der Waals surface area contributed by atoms with Crippen molar-refractivity contribution in [3.63, 3.8) is 0 Å². The number of hydrogen-bond donors (Lipinski definition) is 2. The molecular weight excluding hydrogens is 204 g/mol. The molecule has 0 amide bonds. The molecule has 0 unspecified atom stereocenters. The summed E-state index contributed by atoms with van der Waals surface area (Å²) in [5.41, 5.74) is 1.06. The van der Waals surface area contributed by atoms with Crippen LogP contribution < -0.4 is 5.56 Å². The first-order valence-electron chi connectivity index (χ1n) is 4.83. The average Bonchev–Trinajstić information content (AvgIpc) is 2.79. The normalized spacial score (nSPS) is 10.8. The van der Waals surface area contributed by atoms with E-state index in [4.69, 9.17) is 0 Å². The van der Waals surface area contributed by atoms with E-state index in [1.807, 2.05) is 12.1 Å². The van der Waals surface area contributed by atoms with Crippen LogP contribution in [-0.4, -0.2) is 19.9 Å². The number of fused-ring (bicyclic) bond motifs is 1. The summed E-state index contributed by atoms with van der Waals surface area (Å²) in [6.45, 7) is 0. The molecule has 0 radical (unpaired) electrons. The van der Waals surface area contributed by atoms with E-state index in [1.54, 1.807) is 24.5 Å². The van der Waals surface area contributed by atoms with Crippen LogP contribution in [0.1, 0.15) is 0 Å². The molecule has 3 rings (SSSR count). The summed E-state index contributed by atoms with van der Waals surface area (Å²) in [5.74, 6) is 0.473. The molecule has 0 saturated carbocycles. The summed E-state index contributed by atoms with van der Waals surface area (Å²) in [6, 6.07) is 7.16. The summed E-state index contributed by atoms with van der Waals surface area (Å²) >= 11 is 0. The number of hydrogen-bond acceptors (Lipinski definition) is 3. The number of rotatable bonds is 1. The number of pyridine rings is 1. The second kappa shape index (κ2) is 3.30. The van der Waals surface area contributed by atoms with Gasteiger partial charge in [0.2, 0.25) is 0 Å². The minimum Gasteiger partial charge on any atom is -0.346 e. The van der Waals surface area contributed by atoms with Crippen LogP contribution in [0.15, 0.2) is 41.5 Å². The fraction of sp³-hybridized carbons (Fsp3) is 0. The molecule has 0 aliphatic heterocycles. The highest BCUT2D eigenvalue weighted by Crippen LogP contribution is 2.11. The molecular formula is C11H8N4O. The molecule has 0 saturated heterocycles. The zero-order valence-corrected chi connectivity index (χ0v) is 8.27. The number of H-pyrrole nitrogens is 2. The van der Waals surface area contributed by atoms with E-state index < -0.39 is 0 Å². The molecule has 0 aliphatic carbocycles. The van der Waals surface area contributed by atoms with Crippen LogP contribution in [0.3, 0.4) is 0 Å². The van der Waals surface area contributed by atoms with Crippen LogP contribution in [0.4, 0.5) is 0 Å². The highest BCUT2D eigenvalue weighted by molar-refractivity contribution is 5.75. The molecule has 3 aromatic heterocycles. The lowest BCUT2D eigenvalue weighted by Crippen LogP contribution is -2.08. The largest absolute Gasteiger partial charge is 0.346 e. The Balaban J connectivity index is 2.30. The van der Waals surface area contributed by atoms with E-state index in [2.05, 4.69) is 19.9 Å². The summed E-state index contributed by atoms with van der Waals surface area (Å²) in [4.78, 5) is 25.7. The van der Waals surface area contributed by atoms with Gasteiger partial charge in [0.15, 0.2) is 5.82 Å². The van der Waals surface area contributed by atoms with Crippen molar-refractivity contribution in [2.75, 3.05) is 0 Å². The van der Waals surface area contributed by atoms with Gasteiger partial charge in [-0.05, 0) is 18.2 Å². The summed E-state index contributed by atoms with van der Waals surface area (Å²) < 4.78 is 0. The SMILES string of the molecule is O=c1[nH]c(-c2ccccn2)nc2[nH]ccc12. The highest BCUT2D eigenvalue weighted by atomic mass is 16.1. The monoisotopic (exact) mass is 212 g/mol. The van der Waals surface area contributed by atoms with Gasteiger partial charge in [0.1, 0.15) is 11.3 Å². The summed E-state index contributed by atoms with van der Waals surface area (Å²) in [7, 11) is 0. The zero-order chi connectivity index (χ0) is 11.0. The molecule has 2 N–H and O–H groups in total. The standard InChI is InChI=1S/C11H8N4O/c16-11-7-4-6-13-9(7)14-10(15-11)8-3-1-2-5-12-8/h1-6H,(H2,13,14,15,16). The lowest BCUT2D eigenvalue weighted by molar-refractivity contribution is 1.13. The third kappa shape index (κ3) is 1.30. The second-order valence-corrected chi connectivity index (χ2v) is 3.37. The van der Waals surface area contributed by atoms with Crippen molar-refractivity contribution in [3.8, 4) is 11.5 Å². The van der Waals surface area contributed by atoms with Gasteiger partial charge in [-0.3, -0.25) is 9.78 Å². The Labute approximate surface area is 90.2 Å². The van der Waals surface area contributed by atoms with Crippen LogP contribution in [-0.2, 0) is 0 Å². The minimum atomic E-state index is -0.160. The molecule has 0 atom stereocenters. The van der Waals surface area contributed by atoms with E-state index in [-0.39, 0.29) is 5.56 Å². The van der Waals surface area contributed by atoms with Gasteiger partial charge in [-0.1, -0.05) is 6.07 Å². The molecule has 0 aromatic carbocycles. The molecule has 78 valence electrons. The zero-order valence-electron chi connectivity index (χ0n) is 8.27. The van der Waals surface area contributed by atoms with Crippen molar-refractivity contribution in [1.29, 1.82) is 0 Å². The first-order chi connectivity index (χ1) is 7.84. The van der Waals surface area contributed by atoms with Gasteiger partial charge in [-0.15, -0.1) is 0 Å². The van der Waals surface area contributed by atoms with Crippen LogP contribution in [0.5, 0.6) is 0 Å². The van der Waals surface area contributed by atoms with E-state index in [9.17, 15) is 4.79 Å². The maximum atomic E-state index is 11.7. The van der Waals surface area contributed by atoms with Gasteiger partial charge in [-0.2, -0.15) is 0 Å². The predicted molar refractivity (Wildman–Crippen MR) is 59.9 cm³/mol. The van der Waals surface area contributed by atoms with E-state index in [0.29, 0.717) is 22.6 Å². The van der Waals surface area contributed by atoms with Crippen molar-refractivity contribution < 1.29 is 0 Å². The van der Waals surface area contributed by atoms with Gasteiger partial charge in [-0.25, -0.2) is 4.98 Å². The molecule has 3 heterocycles. The maximum Gasteiger partial charge on any atom is 0.260 e. The highest BCUT2D eigenvalue weighted by Gasteiger charge is 2.06. The third-order valence-corrected chi connectivity index (χ3v) is 2.33. The molecule has 0 aliphatic rings. The van der Waals surface area contributed by atoms with Gasteiger partial charge >= 0.3 is 0 Å². The molecule has 0 fully saturated rings. The first kappa shape index (κ1) is 8.84. The van der Waals surface area contributed by atoms with Gasteiger partial charge in [0, 0.05) is 12.4 Å². The van der Waals surface area contributed by atoms with E-state index in [1.165, 1.54) is 0 Å². The lowest BCUT2D eigenvalue weighted by atomic mass is 10.3. The van der Waals surface area contributed by atoms with Crippen LogP contribution in [0.25, 0.3) is 22.6 Å². The molecule has 0 spiro atoms. The number of nitrogens with one attached hydrogen (secondary N) is 2. The van der Waals surface area contributed by atoms with Crippen molar-refractivity contribution in [2.24, 2.45) is 0 Å². The quantitative estimate of drug-likeness (QED) is 0.638. The molecule has 0 bridgehead atoms. The van der Waals surface area contributed by atoms with Gasteiger partial charge in [0.05, 0.1) is 5.39 Å². The van der Waals surface area contributed by atoms with Gasteiger partial charge in [0.25, 0.3) is 5.56 Å². The Bertz CT molecular complexity index is 684. The molecule has 5 heteroatoms. The molecule has 5 nitrogen and oxygen atoms in total. The fourth-order valence-electron chi connectivity index (χ4n) is 1.58. The number of aromatic nitrogens is 4. The summed E-state index contributed by atoms with van der Waals surface area (Å²) in [5, 5.41) is 0.555. The van der Waals surface area contributed by atoms with E-state index in [0.717, 1.165) is 0 Å². The Kier molecular flexibility index (Phi) is 1.83. The van der Waals surface area contributed by atoms with Gasteiger partial charge < -0.3 is 9.97 Å². The van der Waals surface area contributed by atoms with E-state index >= 15 is 0 Å². The van der Waals surface area contributed by atoms with Crippen LogP contribution in [0, 0.1) is 0 Å². The third-order valence-electron chi connectivity index (χ3n) is 2.33. The van der Waals surface area contributed by atoms with Crippen molar-refractivity contribution in [3.05, 3.63) is 47.0 Å². The Morgan fingerprint density at radius 3 is 2.94 bits per heavy atom. The predicted octanol–water partition coefficient (Wildman–Crippen LogP) is 1.31. The summed E-state index contributed by atoms with van der Waals surface area (Å²) in [6.07, 6.45) is 3.35. The Hall–Kier alpha value is -2.43. The van der Waals surface area contributed by atoms with Crippen LogP contribution in [0.2, 0.25) is 0 Å². The fourth-order valence-corrected chi connectivity index (χ4v) is 1.58. The minimum absolute atomic E-state index is 0.160. The number of nitrogens with zero attached hydrogens (tertiary/aromatic N) is 2. The maximum absolute atomic E-state index is 11.7. The molecule has 3 aromatic rings. The van der Waals surface area contributed by atoms with Crippen molar-refractivity contribution in [1.82, 2.24) is 19.9 Å². The smallest absolute Gasteiger partial charge is 0.260 e. The molecule has 16 heavy (non-hydrogen) atoms. The second-order valence-electron chi connectivity index (χ2n) is 3.37. The van der Waals surface area contributed by atoms with Crippen LogP contribution >= 0.6 is 0 Å². The first-order valence-corrected chi connectivity index (χ1v) is 4.83.